The van der Waals surface area contributed by atoms with E-state index < -0.39 is 5.60 Å². The van der Waals surface area contributed by atoms with Crippen molar-refractivity contribution in [3.05, 3.63) is 0 Å². The molecule has 6 nitrogen and oxygen atoms in total. The van der Waals surface area contributed by atoms with Crippen molar-refractivity contribution in [1.82, 2.24) is 15.1 Å². The molecular weight excluding hydrogens is 294 g/mol. The van der Waals surface area contributed by atoms with Gasteiger partial charge in [-0.2, -0.15) is 0 Å². The van der Waals surface area contributed by atoms with Gasteiger partial charge in [-0.15, -0.1) is 0 Å². The Balaban J connectivity index is 1.95. The Labute approximate surface area is 139 Å². The van der Waals surface area contributed by atoms with Crippen molar-refractivity contribution in [2.75, 3.05) is 26.2 Å². The average molecular weight is 325 g/mol. The number of hydrogen-bond acceptors (Lipinski definition) is 4. The van der Waals surface area contributed by atoms with Gasteiger partial charge < -0.3 is 19.9 Å². The van der Waals surface area contributed by atoms with E-state index in [4.69, 9.17) is 4.74 Å². The first kappa shape index (κ1) is 18.0. The van der Waals surface area contributed by atoms with Crippen LogP contribution in [0, 0.1) is 5.41 Å². The first-order valence-corrected chi connectivity index (χ1v) is 8.48. The highest BCUT2D eigenvalue weighted by molar-refractivity contribution is 5.79. The molecule has 132 valence electrons. The molecule has 0 aromatic carbocycles. The molecule has 2 fully saturated rings. The highest BCUT2D eigenvalue weighted by Gasteiger charge is 2.38. The Morgan fingerprint density at radius 3 is 2.57 bits per heavy atom. The summed E-state index contributed by atoms with van der Waals surface area (Å²) in [5.41, 5.74) is -0.448. The average Bonchev–Trinajstić information content (AvgIpc) is 2.62. The van der Waals surface area contributed by atoms with Crippen LogP contribution in [0.5, 0.6) is 0 Å². The molecule has 1 unspecified atom stereocenters. The zero-order valence-corrected chi connectivity index (χ0v) is 15.3. The molecular formula is C17H31N3O3. The molecule has 23 heavy (non-hydrogen) atoms. The Kier molecular flexibility index (Phi) is 4.95. The zero-order chi connectivity index (χ0) is 17.4. The first-order chi connectivity index (χ1) is 10.5. The van der Waals surface area contributed by atoms with Gasteiger partial charge in [0.2, 0.25) is 5.91 Å². The van der Waals surface area contributed by atoms with Gasteiger partial charge in [-0.1, -0.05) is 13.8 Å². The molecule has 2 rings (SSSR count). The lowest BCUT2D eigenvalue weighted by atomic mass is 9.93. The maximum absolute atomic E-state index is 12.4. The second kappa shape index (κ2) is 6.30. The fourth-order valence-electron chi connectivity index (χ4n) is 3.24. The third-order valence-corrected chi connectivity index (χ3v) is 4.32. The number of carbonyl (C=O) groups excluding carboxylic acids is 2. The standard InChI is InChI=1S/C17H31N3O3/c1-12-8-18-13(9-19-11-17(5,6)7-14(19)21)10-20(12)15(22)23-16(2,3)4/h12-13,18H,7-11H2,1-6H3/t12?,13-/m0/s1. The fourth-order valence-corrected chi connectivity index (χ4v) is 3.24. The van der Waals surface area contributed by atoms with E-state index >= 15 is 0 Å². The maximum Gasteiger partial charge on any atom is 0.410 e. The van der Waals surface area contributed by atoms with Gasteiger partial charge in [-0.3, -0.25) is 4.79 Å². The summed E-state index contributed by atoms with van der Waals surface area (Å²) in [5.74, 6) is 0.208. The van der Waals surface area contributed by atoms with Gasteiger partial charge in [0.25, 0.3) is 0 Å². The van der Waals surface area contributed by atoms with Crippen LogP contribution in [0.25, 0.3) is 0 Å². The number of ether oxygens (including phenoxy) is 1. The van der Waals surface area contributed by atoms with E-state index in [1.54, 1.807) is 4.90 Å². The third kappa shape index (κ3) is 4.83. The Bertz CT molecular complexity index is 470. The Morgan fingerprint density at radius 1 is 1.39 bits per heavy atom. The van der Waals surface area contributed by atoms with E-state index in [1.807, 2.05) is 32.6 Å². The molecule has 2 aliphatic heterocycles. The largest absolute Gasteiger partial charge is 0.444 e. The molecule has 0 aromatic heterocycles. The molecule has 0 bridgehead atoms. The number of rotatable bonds is 2. The second-order valence-corrected chi connectivity index (χ2v) is 8.70. The van der Waals surface area contributed by atoms with Crippen molar-refractivity contribution < 1.29 is 14.3 Å². The molecule has 6 heteroatoms. The molecule has 2 aliphatic rings. The van der Waals surface area contributed by atoms with Gasteiger partial charge in [-0.25, -0.2) is 4.79 Å². The van der Waals surface area contributed by atoms with Crippen molar-refractivity contribution in [2.24, 2.45) is 5.41 Å². The summed E-state index contributed by atoms with van der Waals surface area (Å²) in [5, 5.41) is 3.45. The van der Waals surface area contributed by atoms with Crippen LogP contribution in [-0.4, -0.2) is 65.7 Å². The van der Waals surface area contributed by atoms with E-state index in [-0.39, 0.29) is 29.5 Å². The molecule has 2 heterocycles. The third-order valence-electron chi connectivity index (χ3n) is 4.32. The maximum atomic E-state index is 12.4. The van der Waals surface area contributed by atoms with Crippen LogP contribution in [0.1, 0.15) is 48.0 Å². The van der Waals surface area contributed by atoms with Crippen LogP contribution in [0.4, 0.5) is 4.79 Å². The normalized spacial score (nSPS) is 28.2. The number of nitrogens with zero attached hydrogens (tertiary/aromatic N) is 2. The fraction of sp³-hybridized carbons (Fsp3) is 0.882. The van der Waals surface area contributed by atoms with E-state index in [0.29, 0.717) is 19.5 Å². The summed E-state index contributed by atoms with van der Waals surface area (Å²) >= 11 is 0. The number of hydrogen-bond donors (Lipinski definition) is 1. The number of amides is 2. The predicted molar refractivity (Wildman–Crippen MR) is 89.2 cm³/mol. The molecule has 2 saturated heterocycles. The van der Waals surface area contributed by atoms with Gasteiger partial charge >= 0.3 is 6.09 Å². The Morgan fingerprint density at radius 2 is 2.04 bits per heavy atom. The SMILES string of the molecule is CC1CN[C@@H](CN2CC(C)(C)CC2=O)CN1C(=O)OC(C)(C)C. The van der Waals surface area contributed by atoms with Crippen LogP contribution in [-0.2, 0) is 9.53 Å². The summed E-state index contributed by atoms with van der Waals surface area (Å²) < 4.78 is 5.50. The molecule has 2 atom stereocenters. The van der Waals surface area contributed by atoms with Crippen LogP contribution < -0.4 is 5.32 Å². The lowest BCUT2D eigenvalue weighted by molar-refractivity contribution is -0.128. The van der Waals surface area contributed by atoms with E-state index in [1.165, 1.54) is 0 Å². The summed E-state index contributed by atoms with van der Waals surface area (Å²) in [6.45, 7) is 14.6. The van der Waals surface area contributed by atoms with Gasteiger partial charge in [0.05, 0.1) is 0 Å². The summed E-state index contributed by atoms with van der Waals surface area (Å²) in [4.78, 5) is 28.2. The number of piperazine rings is 1. The zero-order valence-electron chi connectivity index (χ0n) is 15.3. The lowest BCUT2D eigenvalue weighted by Crippen LogP contribution is -2.60. The van der Waals surface area contributed by atoms with Crippen molar-refractivity contribution in [2.45, 2.75) is 65.6 Å². The highest BCUT2D eigenvalue weighted by Crippen LogP contribution is 2.30. The minimum atomic E-state index is -0.494. The van der Waals surface area contributed by atoms with E-state index in [2.05, 4.69) is 19.2 Å². The first-order valence-electron chi connectivity index (χ1n) is 8.48. The summed E-state index contributed by atoms with van der Waals surface area (Å²) in [6, 6.07) is 0.184. The molecule has 0 aliphatic carbocycles. The number of nitrogens with one attached hydrogen (secondary N) is 1. The van der Waals surface area contributed by atoms with Crippen molar-refractivity contribution in [1.29, 1.82) is 0 Å². The van der Waals surface area contributed by atoms with Crippen molar-refractivity contribution >= 4 is 12.0 Å². The predicted octanol–water partition coefficient (Wildman–Crippen LogP) is 1.84. The molecule has 0 spiro atoms. The molecule has 0 radical (unpaired) electrons. The highest BCUT2D eigenvalue weighted by atomic mass is 16.6. The summed E-state index contributed by atoms with van der Waals surface area (Å²) in [6.07, 6.45) is 0.330. The molecule has 0 saturated carbocycles. The topological polar surface area (TPSA) is 61.9 Å². The minimum Gasteiger partial charge on any atom is -0.444 e. The smallest absolute Gasteiger partial charge is 0.410 e. The van der Waals surface area contributed by atoms with Crippen LogP contribution >= 0.6 is 0 Å². The monoisotopic (exact) mass is 325 g/mol. The van der Waals surface area contributed by atoms with Crippen LogP contribution in [0.2, 0.25) is 0 Å². The van der Waals surface area contributed by atoms with Crippen molar-refractivity contribution in [3.63, 3.8) is 0 Å². The van der Waals surface area contributed by atoms with E-state index in [0.717, 1.165) is 13.1 Å². The lowest BCUT2D eigenvalue weighted by Gasteiger charge is -2.40. The summed E-state index contributed by atoms with van der Waals surface area (Å²) in [7, 11) is 0. The van der Waals surface area contributed by atoms with E-state index in [9.17, 15) is 9.59 Å². The molecule has 1 N–H and O–H groups in total. The molecule has 0 aromatic rings. The second-order valence-electron chi connectivity index (χ2n) is 8.70. The van der Waals surface area contributed by atoms with Gasteiger partial charge in [0, 0.05) is 44.7 Å². The Hall–Kier alpha value is -1.30. The van der Waals surface area contributed by atoms with Crippen molar-refractivity contribution in [3.8, 4) is 0 Å². The minimum absolute atomic E-state index is 0.0455. The number of carbonyl (C=O) groups is 2. The number of likely N-dealkylation sites (tertiary alicyclic amines) is 1. The van der Waals surface area contributed by atoms with Gasteiger partial charge in [0.1, 0.15) is 5.60 Å². The van der Waals surface area contributed by atoms with Crippen LogP contribution in [0.15, 0.2) is 0 Å². The van der Waals surface area contributed by atoms with Gasteiger partial charge in [-0.05, 0) is 33.1 Å². The van der Waals surface area contributed by atoms with Crippen LogP contribution in [0.3, 0.4) is 0 Å². The van der Waals surface area contributed by atoms with Gasteiger partial charge in [0.15, 0.2) is 0 Å². The molecule has 2 amide bonds. The quantitative estimate of drug-likeness (QED) is 0.841.